The molecule has 0 bridgehead atoms. The van der Waals surface area contributed by atoms with Crippen LogP contribution >= 0.6 is 0 Å². The Hall–Kier alpha value is -1.10. The quantitative estimate of drug-likeness (QED) is 0.193. The Morgan fingerprint density at radius 1 is 0.741 bits per heavy atom. The van der Waals surface area contributed by atoms with Gasteiger partial charge in [-0.2, -0.15) is 0 Å². The van der Waals surface area contributed by atoms with E-state index in [1.54, 1.807) is 0 Å². The summed E-state index contributed by atoms with van der Waals surface area (Å²) in [4.78, 5) is 32.3. The Morgan fingerprint density at radius 2 is 1.19 bits per heavy atom. The zero-order valence-corrected chi connectivity index (χ0v) is 18.0. The van der Waals surface area contributed by atoms with Crippen LogP contribution in [0.5, 0.6) is 0 Å². The number of nitrogens with two attached hydrogens (primary N) is 1. The van der Waals surface area contributed by atoms with Gasteiger partial charge in [-0.15, -0.1) is 0 Å². The lowest BCUT2D eigenvalue weighted by Gasteiger charge is -2.15. The molecule has 5 heteroatoms. The number of carbonyl (C=O) groups is 2. The maximum absolute atomic E-state index is 11.6. The molecule has 2 unspecified atom stereocenters. The van der Waals surface area contributed by atoms with E-state index in [0.29, 0.717) is 0 Å². The SMILES string of the molecule is CCCCCCCCCCCCCCCC(=O)OOC(=O)C(N)C(C)CC. The minimum atomic E-state index is -0.751. The summed E-state index contributed by atoms with van der Waals surface area (Å²) in [6.07, 6.45) is 17.4. The van der Waals surface area contributed by atoms with Gasteiger partial charge in [0.15, 0.2) is 0 Å². The van der Waals surface area contributed by atoms with Crippen molar-refractivity contribution in [3.63, 3.8) is 0 Å². The Morgan fingerprint density at radius 3 is 1.63 bits per heavy atom. The molecule has 2 atom stereocenters. The van der Waals surface area contributed by atoms with Gasteiger partial charge in [-0.1, -0.05) is 104 Å². The molecule has 0 saturated carbocycles. The first-order valence-electron chi connectivity index (χ1n) is 11.2. The lowest BCUT2D eigenvalue weighted by molar-refractivity contribution is -0.260. The van der Waals surface area contributed by atoms with Crippen LogP contribution in [0.3, 0.4) is 0 Å². The normalized spacial score (nSPS) is 13.2. The van der Waals surface area contributed by atoms with E-state index in [9.17, 15) is 9.59 Å². The van der Waals surface area contributed by atoms with Gasteiger partial charge < -0.3 is 5.73 Å². The third kappa shape index (κ3) is 15.6. The third-order valence-electron chi connectivity index (χ3n) is 5.23. The predicted molar refractivity (Wildman–Crippen MR) is 110 cm³/mol. The van der Waals surface area contributed by atoms with Gasteiger partial charge in [-0.25, -0.2) is 19.4 Å². The lowest BCUT2D eigenvalue weighted by atomic mass is 10.0. The van der Waals surface area contributed by atoms with Crippen molar-refractivity contribution in [2.75, 3.05) is 0 Å². The van der Waals surface area contributed by atoms with Crippen molar-refractivity contribution in [1.82, 2.24) is 0 Å². The van der Waals surface area contributed by atoms with Crippen LogP contribution in [0.15, 0.2) is 0 Å². The van der Waals surface area contributed by atoms with Crippen molar-refractivity contribution < 1.29 is 19.4 Å². The Kier molecular flexibility index (Phi) is 17.5. The standard InChI is InChI=1S/C22H43NO4/c1-4-6-7-8-9-10-11-12-13-14-15-16-17-18-20(24)26-27-22(25)21(23)19(3)5-2/h19,21H,4-18,23H2,1-3H3. The monoisotopic (exact) mass is 385 g/mol. The van der Waals surface area contributed by atoms with Gasteiger partial charge >= 0.3 is 11.9 Å². The van der Waals surface area contributed by atoms with E-state index < -0.39 is 18.0 Å². The summed E-state index contributed by atoms with van der Waals surface area (Å²) < 4.78 is 0. The first-order chi connectivity index (χ1) is 13.0. The van der Waals surface area contributed by atoms with Crippen LogP contribution in [0.4, 0.5) is 0 Å². The molecule has 0 aliphatic carbocycles. The van der Waals surface area contributed by atoms with E-state index in [2.05, 4.69) is 16.7 Å². The highest BCUT2D eigenvalue weighted by Crippen LogP contribution is 2.13. The number of unbranched alkanes of at least 4 members (excludes halogenated alkanes) is 12. The van der Waals surface area contributed by atoms with Crippen molar-refractivity contribution in [3.05, 3.63) is 0 Å². The molecule has 2 N–H and O–H groups in total. The molecule has 0 spiro atoms. The fraction of sp³-hybridized carbons (Fsp3) is 0.909. The van der Waals surface area contributed by atoms with Crippen molar-refractivity contribution in [1.29, 1.82) is 0 Å². The van der Waals surface area contributed by atoms with E-state index in [1.807, 2.05) is 13.8 Å². The van der Waals surface area contributed by atoms with Gasteiger partial charge in [-0.05, 0) is 12.3 Å². The van der Waals surface area contributed by atoms with Gasteiger partial charge in [0.05, 0.1) is 6.42 Å². The van der Waals surface area contributed by atoms with Crippen LogP contribution in [0, 0.1) is 5.92 Å². The summed E-state index contributed by atoms with van der Waals surface area (Å²) in [7, 11) is 0. The van der Waals surface area contributed by atoms with E-state index in [1.165, 1.54) is 64.2 Å². The molecule has 0 aromatic carbocycles. The van der Waals surface area contributed by atoms with E-state index >= 15 is 0 Å². The van der Waals surface area contributed by atoms with Gasteiger partial charge in [-0.3, -0.25) is 0 Å². The molecule has 27 heavy (non-hydrogen) atoms. The zero-order chi connectivity index (χ0) is 20.3. The second kappa shape index (κ2) is 18.3. The first-order valence-corrected chi connectivity index (χ1v) is 11.2. The van der Waals surface area contributed by atoms with Crippen molar-refractivity contribution in [3.8, 4) is 0 Å². The summed E-state index contributed by atoms with van der Waals surface area (Å²) in [5, 5.41) is 0. The van der Waals surface area contributed by atoms with Crippen LogP contribution in [0.1, 0.15) is 117 Å². The second-order valence-corrected chi connectivity index (χ2v) is 7.76. The summed E-state index contributed by atoms with van der Waals surface area (Å²) in [5.74, 6) is -1.18. The molecule has 0 radical (unpaired) electrons. The molecule has 0 aliphatic heterocycles. The Labute approximate surface area is 166 Å². The third-order valence-corrected chi connectivity index (χ3v) is 5.23. The molecule has 0 heterocycles. The molecule has 0 aromatic heterocycles. The molecule has 0 aromatic rings. The van der Waals surface area contributed by atoms with Crippen molar-refractivity contribution in [2.45, 2.75) is 123 Å². The summed E-state index contributed by atoms with van der Waals surface area (Å²) >= 11 is 0. The highest BCUT2D eigenvalue weighted by Gasteiger charge is 2.23. The van der Waals surface area contributed by atoms with Gasteiger partial charge in [0, 0.05) is 0 Å². The highest BCUT2D eigenvalue weighted by molar-refractivity contribution is 5.77. The van der Waals surface area contributed by atoms with E-state index in [0.717, 1.165) is 25.7 Å². The number of hydrogen-bond donors (Lipinski definition) is 1. The van der Waals surface area contributed by atoms with Gasteiger partial charge in [0.1, 0.15) is 6.04 Å². The van der Waals surface area contributed by atoms with Crippen LogP contribution in [0.2, 0.25) is 0 Å². The fourth-order valence-electron chi connectivity index (χ4n) is 2.96. The smallest absolute Gasteiger partial charge is 0.318 e. The number of hydrogen-bond acceptors (Lipinski definition) is 5. The predicted octanol–water partition coefficient (Wildman–Crippen LogP) is 5.84. The van der Waals surface area contributed by atoms with Crippen molar-refractivity contribution >= 4 is 11.9 Å². The molecule has 0 saturated heterocycles. The minimum Gasteiger partial charge on any atom is -0.318 e. The molecule has 0 amide bonds. The average molecular weight is 386 g/mol. The van der Waals surface area contributed by atoms with Gasteiger partial charge in [0.25, 0.3) is 0 Å². The lowest BCUT2D eigenvalue weighted by Crippen LogP contribution is -2.38. The zero-order valence-electron chi connectivity index (χ0n) is 18.0. The molecule has 0 aliphatic rings. The van der Waals surface area contributed by atoms with Crippen molar-refractivity contribution in [2.24, 2.45) is 11.7 Å². The topological polar surface area (TPSA) is 78.6 Å². The average Bonchev–Trinajstić information content (AvgIpc) is 2.68. The molecule has 160 valence electrons. The molecular formula is C22H43NO4. The van der Waals surface area contributed by atoms with Gasteiger partial charge in [0.2, 0.25) is 0 Å². The molecule has 0 rings (SSSR count). The van der Waals surface area contributed by atoms with Crippen LogP contribution in [-0.2, 0) is 19.4 Å². The highest BCUT2D eigenvalue weighted by atomic mass is 17.2. The fourth-order valence-corrected chi connectivity index (χ4v) is 2.96. The van der Waals surface area contributed by atoms with Crippen LogP contribution in [0.25, 0.3) is 0 Å². The maximum atomic E-state index is 11.6. The second-order valence-electron chi connectivity index (χ2n) is 7.76. The molecule has 5 nitrogen and oxygen atoms in total. The molecule has 0 fully saturated rings. The summed E-state index contributed by atoms with van der Waals surface area (Å²) in [6, 6.07) is -0.751. The Balaban J connectivity index is 3.40. The maximum Gasteiger partial charge on any atom is 0.372 e. The largest absolute Gasteiger partial charge is 0.372 e. The summed E-state index contributed by atoms with van der Waals surface area (Å²) in [5.41, 5.74) is 5.72. The van der Waals surface area contributed by atoms with Crippen LogP contribution in [-0.4, -0.2) is 18.0 Å². The first kappa shape index (κ1) is 25.9. The van der Waals surface area contributed by atoms with E-state index in [4.69, 9.17) is 5.73 Å². The summed E-state index contributed by atoms with van der Waals surface area (Å²) in [6.45, 7) is 6.06. The Bertz CT molecular complexity index is 373. The number of carbonyl (C=O) groups excluding carboxylic acids is 2. The molecular weight excluding hydrogens is 342 g/mol. The van der Waals surface area contributed by atoms with E-state index in [-0.39, 0.29) is 12.3 Å². The number of rotatable bonds is 17. The van der Waals surface area contributed by atoms with Crippen LogP contribution < -0.4 is 5.73 Å². The minimum absolute atomic E-state index is 0.00254.